The van der Waals surface area contributed by atoms with Crippen molar-refractivity contribution in [2.45, 2.75) is 0 Å². The van der Waals surface area contributed by atoms with Gasteiger partial charge in [-0.15, -0.1) is 0 Å². The van der Waals surface area contributed by atoms with E-state index in [9.17, 15) is 4.39 Å². The first-order valence-electron chi connectivity index (χ1n) is 2.98. The second-order valence-corrected chi connectivity index (χ2v) is 2.85. The third kappa shape index (κ3) is 2.08. The molecule has 4 heteroatoms. The van der Waals surface area contributed by atoms with Gasteiger partial charge in [-0.25, -0.2) is 4.39 Å². The molecule has 0 aliphatic heterocycles. The van der Waals surface area contributed by atoms with E-state index in [0.29, 0.717) is 11.4 Å². The molecule has 2 nitrogen and oxygen atoms in total. The van der Waals surface area contributed by atoms with Crippen molar-refractivity contribution in [1.82, 2.24) is 0 Å². The molecule has 0 atom stereocenters. The van der Waals surface area contributed by atoms with Gasteiger partial charge >= 0.3 is 0 Å². The van der Waals surface area contributed by atoms with E-state index < -0.39 is 6.86 Å². The van der Waals surface area contributed by atoms with Crippen molar-refractivity contribution in [3.05, 3.63) is 22.7 Å². The molecule has 1 aromatic rings. The van der Waals surface area contributed by atoms with Gasteiger partial charge in [0.15, 0.2) is 0 Å². The molecule has 1 aromatic carbocycles. The van der Waals surface area contributed by atoms with Crippen molar-refractivity contribution in [2.24, 2.45) is 0 Å². The molecule has 0 aliphatic carbocycles. The topological polar surface area (TPSA) is 35.2 Å². The highest BCUT2D eigenvalue weighted by atomic mass is 79.9. The normalized spacial score (nSPS) is 9.64. The zero-order chi connectivity index (χ0) is 8.27. The molecule has 0 aromatic heterocycles. The Morgan fingerprint density at radius 2 is 2.27 bits per heavy atom. The molecule has 0 radical (unpaired) electrons. The summed E-state index contributed by atoms with van der Waals surface area (Å²) in [7, 11) is 0. The van der Waals surface area contributed by atoms with Gasteiger partial charge in [0.25, 0.3) is 0 Å². The fourth-order valence-electron chi connectivity index (χ4n) is 0.692. The molecule has 0 unspecified atom stereocenters. The largest absolute Gasteiger partial charge is 0.461 e. The molecule has 0 fully saturated rings. The van der Waals surface area contributed by atoms with Crippen molar-refractivity contribution in [2.75, 3.05) is 12.6 Å². The number of anilines is 1. The van der Waals surface area contributed by atoms with Gasteiger partial charge in [0.2, 0.25) is 6.86 Å². The maximum absolute atomic E-state index is 11.7. The summed E-state index contributed by atoms with van der Waals surface area (Å²) in [6.07, 6.45) is 0. The van der Waals surface area contributed by atoms with Crippen molar-refractivity contribution in [3.8, 4) is 5.75 Å². The number of nitrogen functional groups attached to an aromatic ring is 1. The Labute approximate surface area is 72.3 Å². The summed E-state index contributed by atoms with van der Waals surface area (Å²) in [6, 6.07) is 5.03. The zero-order valence-corrected chi connectivity index (χ0v) is 7.27. The molecule has 2 N–H and O–H groups in total. The molecule has 0 bridgehead atoms. The minimum Gasteiger partial charge on any atom is -0.461 e. The van der Waals surface area contributed by atoms with Crippen LogP contribution in [0.1, 0.15) is 0 Å². The molecule has 0 saturated heterocycles. The van der Waals surface area contributed by atoms with E-state index in [4.69, 9.17) is 5.73 Å². The van der Waals surface area contributed by atoms with E-state index >= 15 is 0 Å². The van der Waals surface area contributed by atoms with Crippen LogP contribution in [0.5, 0.6) is 5.75 Å². The second-order valence-electron chi connectivity index (χ2n) is 1.94. The summed E-state index contributed by atoms with van der Waals surface area (Å²) in [4.78, 5) is 0. The quantitative estimate of drug-likeness (QED) is 0.776. The highest BCUT2D eigenvalue weighted by Gasteiger charge is 1.99. The van der Waals surface area contributed by atoms with Crippen LogP contribution < -0.4 is 10.5 Å². The van der Waals surface area contributed by atoms with Crippen LogP contribution >= 0.6 is 15.9 Å². The lowest BCUT2D eigenvalue weighted by Crippen LogP contribution is -1.95. The van der Waals surface area contributed by atoms with Gasteiger partial charge < -0.3 is 10.5 Å². The lowest BCUT2D eigenvalue weighted by atomic mass is 10.3. The maximum atomic E-state index is 11.7. The van der Waals surface area contributed by atoms with E-state index in [1.807, 2.05) is 0 Å². The molecular formula is C7H7BrFNO. The molecular weight excluding hydrogens is 213 g/mol. The molecule has 60 valence electrons. The van der Waals surface area contributed by atoms with Gasteiger partial charge in [-0.1, -0.05) is 15.9 Å². The fraction of sp³-hybridized carbons (Fsp3) is 0.143. The number of alkyl halides is 1. The summed E-state index contributed by atoms with van der Waals surface area (Å²) < 4.78 is 17.1. The Hall–Kier alpha value is -0.770. The monoisotopic (exact) mass is 219 g/mol. The summed E-state index contributed by atoms with van der Waals surface area (Å²) in [5, 5.41) is 0. The summed E-state index contributed by atoms with van der Waals surface area (Å²) in [6.45, 7) is -0.860. The summed E-state index contributed by atoms with van der Waals surface area (Å²) in [5.74, 6) is 0.363. The van der Waals surface area contributed by atoms with Gasteiger partial charge in [0.05, 0.1) is 5.69 Å². The first-order chi connectivity index (χ1) is 5.24. The number of nitrogens with two attached hydrogens (primary N) is 1. The van der Waals surface area contributed by atoms with Crippen LogP contribution in [0.4, 0.5) is 10.1 Å². The fourth-order valence-corrected chi connectivity index (χ4v) is 1.03. The standard InChI is InChI=1S/C7H7BrFNO/c8-5-1-2-6(10)7(3-5)11-4-9/h1-3H,4,10H2. The highest BCUT2D eigenvalue weighted by Crippen LogP contribution is 2.25. The first-order valence-corrected chi connectivity index (χ1v) is 3.77. The molecule has 0 amide bonds. The Morgan fingerprint density at radius 3 is 2.91 bits per heavy atom. The van der Waals surface area contributed by atoms with E-state index in [2.05, 4.69) is 20.7 Å². The molecule has 0 heterocycles. The SMILES string of the molecule is Nc1ccc(Br)cc1OCF. The Kier molecular flexibility index (Phi) is 2.70. The van der Waals surface area contributed by atoms with Gasteiger partial charge in [-0.2, -0.15) is 0 Å². The van der Waals surface area contributed by atoms with E-state index in [1.165, 1.54) is 0 Å². The van der Waals surface area contributed by atoms with E-state index in [0.717, 1.165) is 4.47 Å². The predicted octanol–water partition coefficient (Wildman–Crippen LogP) is 2.34. The number of ether oxygens (including phenoxy) is 1. The van der Waals surface area contributed by atoms with Crippen molar-refractivity contribution >= 4 is 21.6 Å². The van der Waals surface area contributed by atoms with Gasteiger partial charge in [-0.05, 0) is 18.2 Å². The minimum atomic E-state index is -0.860. The summed E-state index contributed by atoms with van der Waals surface area (Å²) in [5.41, 5.74) is 5.90. The average Bonchev–Trinajstić information content (AvgIpc) is 1.98. The first kappa shape index (κ1) is 8.33. The molecule has 0 saturated carbocycles. The number of hydrogen-bond donors (Lipinski definition) is 1. The number of benzene rings is 1. The third-order valence-electron chi connectivity index (χ3n) is 1.19. The zero-order valence-electron chi connectivity index (χ0n) is 5.68. The smallest absolute Gasteiger partial charge is 0.228 e. The molecule has 0 spiro atoms. The number of hydrogen-bond acceptors (Lipinski definition) is 2. The van der Waals surface area contributed by atoms with Crippen LogP contribution in [0.2, 0.25) is 0 Å². The third-order valence-corrected chi connectivity index (χ3v) is 1.68. The Bertz CT molecular complexity index is 254. The lowest BCUT2D eigenvalue weighted by Gasteiger charge is -2.04. The lowest BCUT2D eigenvalue weighted by molar-refractivity contribution is 0.192. The van der Waals surface area contributed by atoms with E-state index in [-0.39, 0.29) is 0 Å². The minimum absolute atomic E-state index is 0.363. The van der Waals surface area contributed by atoms with Crippen LogP contribution in [0.15, 0.2) is 22.7 Å². The molecule has 0 aliphatic rings. The van der Waals surface area contributed by atoms with Crippen LogP contribution in [0, 0.1) is 0 Å². The van der Waals surface area contributed by atoms with Gasteiger partial charge in [0.1, 0.15) is 5.75 Å². The molecule has 11 heavy (non-hydrogen) atoms. The number of rotatable bonds is 2. The van der Waals surface area contributed by atoms with Crippen molar-refractivity contribution < 1.29 is 9.13 Å². The Balaban J connectivity index is 2.93. The van der Waals surface area contributed by atoms with Gasteiger partial charge in [0, 0.05) is 4.47 Å². The van der Waals surface area contributed by atoms with Crippen molar-refractivity contribution in [1.29, 1.82) is 0 Å². The van der Waals surface area contributed by atoms with Crippen LogP contribution in [-0.4, -0.2) is 6.86 Å². The Morgan fingerprint density at radius 1 is 1.55 bits per heavy atom. The average molecular weight is 220 g/mol. The van der Waals surface area contributed by atoms with Crippen LogP contribution in [0.3, 0.4) is 0 Å². The van der Waals surface area contributed by atoms with Crippen LogP contribution in [-0.2, 0) is 0 Å². The second kappa shape index (κ2) is 3.57. The van der Waals surface area contributed by atoms with Crippen molar-refractivity contribution in [3.63, 3.8) is 0 Å². The maximum Gasteiger partial charge on any atom is 0.228 e. The van der Waals surface area contributed by atoms with Gasteiger partial charge in [-0.3, -0.25) is 0 Å². The van der Waals surface area contributed by atoms with E-state index in [1.54, 1.807) is 18.2 Å². The highest BCUT2D eigenvalue weighted by molar-refractivity contribution is 9.10. The molecule has 1 rings (SSSR count). The summed E-state index contributed by atoms with van der Waals surface area (Å²) >= 11 is 3.21. The predicted molar refractivity (Wildman–Crippen MR) is 45.2 cm³/mol. The van der Waals surface area contributed by atoms with Crippen LogP contribution in [0.25, 0.3) is 0 Å². The number of halogens is 2.